The normalized spacial score (nSPS) is 25.6. The molecule has 1 atom stereocenters. The van der Waals surface area contributed by atoms with Gasteiger partial charge in [-0.3, -0.25) is 19.7 Å². The fourth-order valence-electron chi connectivity index (χ4n) is 4.80. The summed E-state index contributed by atoms with van der Waals surface area (Å²) in [6, 6.07) is 3.34. The lowest BCUT2D eigenvalue weighted by atomic mass is 9.74. The van der Waals surface area contributed by atoms with Gasteiger partial charge in [0.05, 0.1) is 13.2 Å². The summed E-state index contributed by atoms with van der Waals surface area (Å²) in [5.74, 6) is 0.0435. The minimum atomic E-state index is -0.586. The maximum absolute atomic E-state index is 12.9. The Hall–Kier alpha value is -2.12. The molecule has 0 aromatic heterocycles. The zero-order valence-corrected chi connectivity index (χ0v) is 15.7. The van der Waals surface area contributed by atoms with Crippen LogP contribution in [0.3, 0.4) is 0 Å². The van der Waals surface area contributed by atoms with Crippen molar-refractivity contribution < 1.29 is 19.1 Å². The Morgan fingerprint density at radius 3 is 2.67 bits per heavy atom. The minimum Gasteiger partial charge on any atom is -0.492 e. The number of benzene rings is 1. The number of nitrogens with one attached hydrogen (secondary N) is 2. The molecule has 1 aromatic carbocycles. The number of piperidine rings is 2. The number of imide groups is 1. The van der Waals surface area contributed by atoms with Gasteiger partial charge in [-0.05, 0) is 38.4 Å². The molecule has 4 aliphatic rings. The molecule has 0 aliphatic carbocycles. The lowest BCUT2D eigenvalue weighted by Crippen LogP contribution is -2.52. The average molecular weight is 392 g/mol. The molecule has 2 N–H and O–H groups in total. The maximum Gasteiger partial charge on any atom is 0.255 e. The summed E-state index contributed by atoms with van der Waals surface area (Å²) in [4.78, 5) is 38.1. The highest BCUT2D eigenvalue weighted by Gasteiger charge is 2.46. The molecule has 5 rings (SSSR count). The summed E-state index contributed by atoms with van der Waals surface area (Å²) in [6.07, 6.45) is 2.71. The second-order valence-corrected chi connectivity index (χ2v) is 7.69. The van der Waals surface area contributed by atoms with E-state index in [-0.39, 0.29) is 42.0 Å². The second kappa shape index (κ2) is 6.49. The Balaban J connectivity index is 0.00000180. The van der Waals surface area contributed by atoms with Crippen LogP contribution in [0.5, 0.6) is 5.75 Å². The molecule has 144 valence electrons. The Morgan fingerprint density at radius 2 is 1.93 bits per heavy atom. The first-order valence-electron chi connectivity index (χ1n) is 9.24. The number of rotatable bonds is 1. The van der Waals surface area contributed by atoms with Crippen molar-refractivity contribution in [3.05, 3.63) is 28.8 Å². The molecule has 1 spiro atoms. The third-order valence-electron chi connectivity index (χ3n) is 6.29. The van der Waals surface area contributed by atoms with Gasteiger partial charge in [-0.15, -0.1) is 12.4 Å². The molecule has 8 heteroatoms. The van der Waals surface area contributed by atoms with E-state index in [1.165, 1.54) is 5.56 Å². The number of nitrogens with zero attached hydrogens (tertiary/aromatic N) is 1. The zero-order valence-electron chi connectivity index (χ0n) is 14.9. The van der Waals surface area contributed by atoms with E-state index < -0.39 is 6.04 Å². The molecule has 7 nitrogen and oxygen atoms in total. The van der Waals surface area contributed by atoms with Crippen LogP contribution in [0.2, 0.25) is 0 Å². The molecule has 4 heterocycles. The smallest absolute Gasteiger partial charge is 0.255 e. The van der Waals surface area contributed by atoms with E-state index >= 15 is 0 Å². The van der Waals surface area contributed by atoms with Gasteiger partial charge in [-0.25, -0.2) is 0 Å². The lowest BCUT2D eigenvalue weighted by molar-refractivity contribution is -0.136. The molecule has 27 heavy (non-hydrogen) atoms. The number of hydrogen-bond acceptors (Lipinski definition) is 5. The maximum atomic E-state index is 12.9. The molecule has 4 aliphatic heterocycles. The number of fused-ring (bicyclic) bond motifs is 4. The van der Waals surface area contributed by atoms with Crippen LogP contribution in [0.4, 0.5) is 0 Å². The largest absolute Gasteiger partial charge is 0.492 e. The highest BCUT2D eigenvalue weighted by Crippen LogP contribution is 2.48. The van der Waals surface area contributed by atoms with Gasteiger partial charge in [-0.1, -0.05) is 6.07 Å². The van der Waals surface area contributed by atoms with Crippen molar-refractivity contribution in [2.24, 2.45) is 0 Å². The minimum absolute atomic E-state index is 0. The Kier molecular flexibility index (Phi) is 4.39. The fraction of sp³-hybridized carbons (Fsp3) is 0.526. The van der Waals surface area contributed by atoms with Gasteiger partial charge in [0.25, 0.3) is 5.91 Å². The summed E-state index contributed by atoms with van der Waals surface area (Å²) in [5, 5.41) is 5.74. The van der Waals surface area contributed by atoms with Crippen LogP contribution in [0.1, 0.15) is 47.2 Å². The van der Waals surface area contributed by atoms with E-state index in [2.05, 4.69) is 10.6 Å². The second-order valence-electron chi connectivity index (χ2n) is 7.69. The van der Waals surface area contributed by atoms with E-state index in [1.807, 2.05) is 12.1 Å². The van der Waals surface area contributed by atoms with Crippen molar-refractivity contribution in [3.63, 3.8) is 0 Å². The Labute approximate surface area is 163 Å². The van der Waals surface area contributed by atoms with Crippen molar-refractivity contribution in [2.45, 2.75) is 43.7 Å². The van der Waals surface area contributed by atoms with Crippen LogP contribution >= 0.6 is 12.4 Å². The molecule has 0 bridgehead atoms. The molecule has 2 saturated heterocycles. The van der Waals surface area contributed by atoms with E-state index in [4.69, 9.17) is 4.74 Å². The average Bonchev–Trinajstić information content (AvgIpc) is 3.15. The van der Waals surface area contributed by atoms with Gasteiger partial charge in [0.15, 0.2) is 0 Å². The summed E-state index contributed by atoms with van der Waals surface area (Å²) in [7, 11) is 0. The van der Waals surface area contributed by atoms with E-state index in [0.717, 1.165) is 37.2 Å². The highest BCUT2D eigenvalue weighted by atomic mass is 35.5. The Bertz CT molecular complexity index is 834. The number of carbonyl (C=O) groups excluding carboxylic acids is 3. The number of amides is 3. The van der Waals surface area contributed by atoms with Gasteiger partial charge >= 0.3 is 0 Å². The third kappa shape index (κ3) is 2.63. The topological polar surface area (TPSA) is 87.7 Å². The van der Waals surface area contributed by atoms with Crippen molar-refractivity contribution in [2.75, 3.05) is 19.7 Å². The third-order valence-corrected chi connectivity index (χ3v) is 6.29. The number of hydrogen-bond donors (Lipinski definition) is 2. The summed E-state index contributed by atoms with van der Waals surface area (Å²) in [6.45, 7) is 2.98. The first kappa shape index (κ1) is 18.3. The monoisotopic (exact) mass is 391 g/mol. The van der Waals surface area contributed by atoms with Gasteiger partial charge in [0.1, 0.15) is 11.8 Å². The molecule has 0 saturated carbocycles. The molecule has 1 aromatic rings. The van der Waals surface area contributed by atoms with E-state index in [0.29, 0.717) is 25.1 Å². The SMILES string of the molecule is Cl.O=C1CC[C@@H](N2Cc3c(ccc4c3OCC43CCNCC3)C2=O)C(=O)N1. The van der Waals surface area contributed by atoms with E-state index in [1.54, 1.807) is 4.90 Å². The van der Waals surface area contributed by atoms with Gasteiger partial charge in [-0.2, -0.15) is 0 Å². The van der Waals surface area contributed by atoms with Crippen LogP contribution in [0.25, 0.3) is 0 Å². The van der Waals surface area contributed by atoms with Crippen molar-refractivity contribution in [3.8, 4) is 5.75 Å². The number of carbonyl (C=O) groups is 3. The predicted molar refractivity (Wildman–Crippen MR) is 99.0 cm³/mol. The summed E-state index contributed by atoms with van der Waals surface area (Å²) >= 11 is 0. The molecule has 2 fully saturated rings. The Morgan fingerprint density at radius 1 is 1.15 bits per heavy atom. The fourth-order valence-corrected chi connectivity index (χ4v) is 4.80. The van der Waals surface area contributed by atoms with Crippen LogP contribution < -0.4 is 15.4 Å². The molecular weight excluding hydrogens is 370 g/mol. The molecule has 0 radical (unpaired) electrons. The molecule has 0 unspecified atom stereocenters. The van der Waals surface area contributed by atoms with Crippen LogP contribution in [-0.2, 0) is 21.5 Å². The highest BCUT2D eigenvalue weighted by molar-refractivity contribution is 6.05. The van der Waals surface area contributed by atoms with Gasteiger partial charge < -0.3 is 15.0 Å². The van der Waals surface area contributed by atoms with Gasteiger partial charge in [0, 0.05) is 28.5 Å². The van der Waals surface area contributed by atoms with Crippen LogP contribution in [0.15, 0.2) is 12.1 Å². The van der Waals surface area contributed by atoms with Crippen LogP contribution in [0, 0.1) is 0 Å². The number of ether oxygens (including phenoxy) is 1. The quantitative estimate of drug-likeness (QED) is 0.694. The van der Waals surface area contributed by atoms with Crippen molar-refractivity contribution in [1.82, 2.24) is 15.5 Å². The predicted octanol–water partition coefficient (Wildman–Crippen LogP) is 0.883. The summed E-state index contributed by atoms with van der Waals surface area (Å²) < 4.78 is 6.10. The first-order chi connectivity index (χ1) is 12.6. The zero-order chi connectivity index (χ0) is 17.9. The standard InChI is InChI=1S/C19H21N3O4.ClH/c23-15-4-3-14(17(24)21-15)22-9-12-11(18(22)25)1-2-13-16(12)26-10-19(13)5-7-20-8-6-19;/h1-2,14,20H,3-10H2,(H,21,23,24);1H/t14-;/m1./s1. The van der Waals surface area contributed by atoms with E-state index in [9.17, 15) is 14.4 Å². The van der Waals surface area contributed by atoms with Crippen LogP contribution in [-0.4, -0.2) is 48.4 Å². The first-order valence-corrected chi connectivity index (χ1v) is 9.24. The molecule has 3 amide bonds. The number of halogens is 1. The van der Waals surface area contributed by atoms with Crippen molar-refractivity contribution >= 4 is 30.1 Å². The summed E-state index contributed by atoms with van der Waals surface area (Å²) in [5.41, 5.74) is 2.77. The van der Waals surface area contributed by atoms with Crippen molar-refractivity contribution in [1.29, 1.82) is 0 Å². The lowest BCUT2D eigenvalue weighted by Gasteiger charge is -2.32. The molecular formula is C19H22ClN3O4. The van der Waals surface area contributed by atoms with Gasteiger partial charge in [0.2, 0.25) is 11.8 Å².